The minimum Gasteiger partial charge on any atom is -0.487 e. The molecule has 4 aromatic rings. The van der Waals surface area contributed by atoms with E-state index in [-0.39, 0.29) is 31.4 Å². The lowest BCUT2D eigenvalue weighted by molar-refractivity contribution is 0.270. The van der Waals surface area contributed by atoms with Crippen LogP contribution in [0.2, 0.25) is 0 Å². The lowest BCUT2D eigenvalue weighted by Crippen LogP contribution is -2.22. The van der Waals surface area contributed by atoms with Crippen LogP contribution in [0.15, 0.2) is 36.8 Å². The van der Waals surface area contributed by atoms with Crippen molar-refractivity contribution in [2.45, 2.75) is 66.0 Å². The maximum atomic E-state index is 6.00. The van der Waals surface area contributed by atoms with Crippen molar-refractivity contribution >= 4 is 0 Å². The van der Waals surface area contributed by atoms with Crippen molar-refractivity contribution in [1.29, 1.82) is 0 Å². The summed E-state index contributed by atoms with van der Waals surface area (Å²) in [5.74, 6) is 1.73. The molecule has 3 heterocycles. The predicted octanol–water partition coefficient (Wildman–Crippen LogP) is 3.07. The van der Waals surface area contributed by atoms with Gasteiger partial charge < -0.3 is 14.2 Å². The van der Waals surface area contributed by atoms with Gasteiger partial charge in [0.15, 0.2) is 0 Å². The van der Waals surface area contributed by atoms with E-state index in [1.165, 1.54) is 0 Å². The Bertz CT molecular complexity index is 1250. The molecule has 0 bridgehead atoms. The summed E-state index contributed by atoms with van der Waals surface area (Å²) in [5.41, 5.74) is 2.01. The smallest absolute Gasteiger partial charge is 0.134 e. The van der Waals surface area contributed by atoms with Gasteiger partial charge in [-0.25, -0.2) is 9.36 Å². The first-order chi connectivity index (χ1) is 16.7. The molecule has 0 N–H and O–H groups in total. The molecule has 0 saturated carbocycles. The molecular weight excluding hydrogens is 450 g/mol. The van der Waals surface area contributed by atoms with Crippen LogP contribution in [0.3, 0.4) is 0 Å². The van der Waals surface area contributed by atoms with E-state index in [4.69, 9.17) is 14.2 Å². The van der Waals surface area contributed by atoms with Gasteiger partial charge in [-0.15, -0.1) is 15.3 Å². The van der Waals surface area contributed by atoms with E-state index in [1.54, 1.807) is 33.8 Å². The maximum Gasteiger partial charge on any atom is 0.134 e. The van der Waals surface area contributed by atoms with E-state index in [2.05, 4.69) is 51.7 Å². The number of ether oxygens (including phenoxy) is 3. The Hall–Kier alpha value is -3.96. The summed E-state index contributed by atoms with van der Waals surface area (Å²) in [7, 11) is 1.81. The van der Waals surface area contributed by atoms with Gasteiger partial charge in [0.2, 0.25) is 0 Å². The summed E-state index contributed by atoms with van der Waals surface area (Å²) in [6.45, 7) is 11.1. The minimum absolute atomic E-state index is 0.155. The van der Waals surface area contributed by atoms with Crippen LogP contribution < -0.4 is 14.2 Å². The van der Waals surface area contributed by atoms with Gasteiger partial charge in [-0.05, 0) is 34.6 Å². The number of benzene rings is 1. The first-order valence-electron chi connectivity index (χ1n) is 11.4. The van der Waals surface area contributed by atoms with E-state index >= 15 is 0 Å². The molecule has 0 radical (unpaired) electrons. The Kier molecular flexibility index (Phi) is 6.99. The Balaban J connectivity index is 1.47. The fourth-order valence-electron chi connectivity index (χ4n) is 3.05. The monoisotopic (exact) mass is 481 g/mol. The first-order valence-corrected chi connectivity index (χ1v) is 11.4. The number of hydrogen-bond acceptors (Lipinski definition) is 9. The van der Waals surface area contributed by atoms with Crippen LogP contribution in [-0.4, -0.2) is 45.0 Å². The van der Waals surface area contributed by atoms with Crippen LogP contribution in [-0.2, 0) is 32.4 Å². The number of hydrogen-bond donors (Lipinski definition) is 0. The topological polar surface area (TPSA) is 120 Å². The highest BCUT2D eigenvalue weighted by molar-refractivity contribution is 5.42. The third-order valence-electron chi connectivity index (χ3n) is 4.98. The number of nitrogens with zero attached hydrogens (tertiary/aromatic N) is 9. The molecule has 12 heteroatoms. The van der Waals surface area contributed by atoms with Crippen molar-refractivity contribution in [2.24, 2.45) is 7.05 Å². The van der Waals surface area contributed by atoms with Crippen LogP contribution in [0.4, 0.5) is 0 Å². The van der Waals surface area contributed by atoms with Gasteiger partial charge in [-0.3, -0.25) is 4.68 Å². The molecule has 0 fully saturated rings. The van der Waals surface area contributed by atoms with Crippen molar-refractivity contribution in [3.8, 4) is 17.2 Å². The molecular formula is C23H31N9O3. The average molecular weight is 482 g/mol. The Morgan fingerprint density at radius 1 is 0.714 bits per heavy atom. The summed E-state index contributed by atoms with van der Waals surface area (Å²) < 4.78 is 23.1. The van der Waals surface area contributed by atoms with E-state index in [1.807, 2.05) is 38.0 Å². The summed E-state index contributed by atoms with van der Waals surface area (Å²) in [6, 6.07) is 5.62. The largest absolute Gasteiger partial charge is 0.487 e. The van der Waals surface area contributed by atoms with E-state index in [9.17, 15) is 0 Å². The Morgan fingerprint density at radius 2 is 1.20 bits per heavy atom. The summed E-state index contributed by atoms with van der Waals surface area (Å²) in [6.07, 6.45) is 5.55. The summed E-state index contributed by atoms with van der Waals surface area (Å²) in [5, 5.41) is 24.7. The first kappa shape index (κ1) is 24.2. The van der Waals surface area contributed by atoms with Crippen molar-refractivity contribution in [2.75, 3.05) is 0 Å². The molecule has 0 saturated heterocycles. The third-order valence-corrected chi connectivity index (χ3v) is 4.98. The standard InChI is InChI=1S/C23H31N9O3/c1-16(2)31-11-18(25-28-31)14-34-21-7-20(33-13-17-10-30(6)27-24-17)8-22(9-21)35-15-19-12-32(29-26-19)23(3,4)5/h7-12,16H,13-15H2,1-6H3. The van der Waals surface area contributed by atoms with Gasteiger partial charge in [-0.2, -0.15) is 0 Å². The van der Waals surface area contributed by atoms with Crippen molar-refractivity contribution in [3.05, 3.63) is 53.9 Å². The second kappa shape index (κ2) is 10.1. The lowest BCUT2D eigenvalue weighted by Gasteiger charge is -2.17. The summed E-state index contributed by atoms with van der Waals surface area (Å²) in [4.78, 5) is 0. The van der Waals surface area contributed by atoms with Crippen LogP contribution in [0.1, 0.15) is 57.7 Å². The van der Waals surface area contributed by atoms with Crippen molar-refractivity contribution in [1.82, 2.24) is 45.0 Å². The van der Waals surface area contributed by atoms with Gasteiger partial charge in [-0.1, -0.05) is 15.6 Å². The molecule has 186 valence electrons. The molecule has 0 aliphatic heterocycles. The molecule has 1 aromatic carbocycles. The van der Waals surface area contributed by atoms with Gasteiger partial charge in [0.05, 0.1) is 24.1 Å². The average Bonchev–Trinajstić information content (AvgIpc) is 3.55. The SMILES string of the molecule is CC(C)n1cc(COc2cc(OCc3cn(C)nn3)cc(OCc3cn(C(C)(C)C)nn3)c2)nn1. The normalized spacial score (nSPS) is 11.7. The highest BCUT2D eigenvalue weighted by Gasteiger charge is 2.15. The molecule has 0 unspecified atom stereocenters. The number of rotatable bonds is 10. The van der Waals surface area contributed by atoms with E-state index in [0.29, 0.717) is 22.9 Å². The zero-order valence-electron chi connectivity index (χ0n) is 20.9. The van der Waals surface area contributed by atoms with Gasteiger partial charge in [0.25, 0.3) is 0 Å². The number of aryl methyl sites for hydroxylation is 1. The fourth-order valence-corrected chi connectivity index (χ4v) is 3.05. The zero-order valence-corrected chi connectivity index (χ0v) is 20.9. The van der Waals surface area contributed by atoms with Crippen LogP contribution in [0.5, 0.6) is 17.2 Å². The molecule has 0 amide bonds. The maximum absolute atomic E-state index is 6.00. The quantitative estimate of drug-likeness (QED) is 0.336. The van der Waals surface area contributed by atoms with E-state index < -0.39 is 0 Å². The third kappa shape index (κ3) is 6.55. The highest BCUT2D eigenvalue weighted by atomic mass is 16.5. The molecule has 12 nitrogen and oxygen atoms in total. The van der Waals surface area contributed by atoms with E-state index in [0.717, 1.165) is 11.4 Å². The molecule has 4 rings (SSSR count). The van der Waals surface area contributed by atoms with Gasteiger partial charge >= 0.3 is 0 Å². The second-order valence-electron chi connectivity index (χ2n) is 9.50. The molecule has 0 atom stereocenters. The van der Waals surface area contributed by atoms with Crippen LogP contribution in [0.25, 0.3) is 0 Å². The molecule has 0 spiro atoms. The molecule has 0 aliphatic carbocycles. The van der Waals surface area contributed by atoms with Crippen LogP contribution in [0, 0.1) is 0 Å². The fraction of sp³-hybridized carbons (Fsp3) is 0.478. The number of aromatic nitrogens is 9. The van der Waals surface area contributed by atoms with Crippen molar-refractivity contribution in [3.63, 3.8) is 0 Å². The highest BCUT2D eigenvalue weighted by Crippen LogP contribution is 2.29. The molecule has 3 aromatic heterocycles. The summed E-state index contributed by atoms with van der Waals surface area (Å²) >= 11 is 0. The molecule has 0 aliphatic rings. The second-order valence-corrected chi connectivity index (χ2v) is 9.50. The Labute approximate surface area is 203 Å². The predicted molar refractivity (Wildman–Crippen MR) is 126 cm³/mol. The van der Waals surface area contributed by atoms with Gasteiger partial charge in [0, 0.05) is 31.3 Å². The zero-order chi connectivity index (χ0) is 25.0. The van der Waals surface area contributed by atoms with Crippen molar-refractivity contribution < 1.29 is 14.2 Å². The van der Waals surface area contributed by atoms with Crippen LogP contribution >= 0.6 is 0 Å². The Morgan fingerprint density at radius 3 is 1.63 bits per heavy atom. The lowest BCUT2D eigenvalue weighted by atomic mass is 10.1. The van der Waals surface area contributed by atoms with Gasteiger partial charge in [0.1, 0.15) is 54.2 Å². The molecule has 35 heavy (non-hydrogen) atoms. The minimum atomic E-state index is -0.155.